The number of hydrogen-bond donors (Lipinski definition) is 4. The molecule has 1 aliphatic carbocycles. The van der Waals surface area contributed by atoms with Crippen molar-refractivity contribution >= 4 is 29.5 Å². The minimum absolute atomic E-state index is 0.0476. The molecule has 0 radical (unpaired) electrons. The summed E-state index contributed by atoms with van der Waals surface area (Å²) in [6.45, 7) is 15.1. The Bertz CT molecular complexity index is 1030. The molecule has 0 spiro atoms. The number of hydrogen-bond acceptors (Lipinski definition) is 7. The van der Waals surface area contributed by atoms with Gasteiger partial charge in [-0.15, -0.1) is 0 Å². The molecule has 252 valence electrons. The van der Waals surface area contributed by atoms with Crippen LogP contribution in [0.3, 0.4) is 0 Å². The first-order valence-electron chi connectivity index (χ1n) is 16.3. The zero-order valence-electron chi connectivity index (χ0n) is 28.7. The summed E-state index contributed by atoms with van der Waals surface area (Å²) in [7, 11) is 4.80. The Morgan fingerprint density at radius 1 is 0.955 bits per heavy atom. The van der Waals surface area contributed by atoms with Crippen molar-refractivity contribution in [3.8, 4) is 0 Å². The van der Waals surface area contributed by atoms with Crippen LogP contribution >= 0.6 is 0 Å². The van der Waals surface area contributed by atoms with Crippen LogP contribution in [-0.2, 0) is 24.0 Å². The lowest BCUT2D eigenvalue weighted by atomic mass is 9.62. The predicted molar refractivity (Wildman–Crippen MR) is 171 cm³/mol. The maximum atomic E-state index is 13.9. The summed E-state index contributed by atoms with van der Waals surface area (Å²) in [6, 6.07) is -3.46. The Hall–Kier alpha value is -2.73. The smallest absolute Gasteiger partial charge is 0.245 e. The summed E-state index contributed by atoms with van der Waals surface area (Å²) < 4.78 is 0. The van der Waals surface area contributed by atoms with Crippen molar-refractivity contribution in [2.24, 2.45) is 23.0 Å². The Balaban J connectivity index is 2.15. The van der Waals surface area contributed by atoms with Crippen LogP contribution in [0.1, 0.15) is 87.0 Å². The monoisotopic (exact) mass is 621 g/mol. The molecule has 1 aliphatic heterocycles. The quantitative estimate of drug-likeness (QED) is 0.226. The van der Waals surface area contributed by atoms with E-state index in [0.717, 1.165) is 25.7 Å². The van der Waals surface area contributed by atoms with Crippen LogP contribution in [0.25, 0.3) is 0 Å². The van der Waals surface area contributed by atoms with E-state index in [9.17, 15) is 24.0 Å². The Morgan fingerprint density at radius 2 is 1.55 bits per heavy atom. The number of rotatable bonds is 14. The molecular formula is C32H59N7O5. The number of carbonyl (C=O) groups is 5. The lowest BCUT2D eigenvalue weighted by Gasteiger charge is -2.56. The van der Waals surface area contributed by atoms with E-state index in [-0.39, 0.29) is 65.3 Å². The molecule has 2 fully saturated rings. The minimum Gasteiger partial charge on any atom is -0.359 e. The Morgan fingerprint density at radius 3 is 2.05 bits per heavy atom. The van der Waals surface area contributed by atoms with Crippen molar-refractivity contribution in [3.05, 3.63) is 0 Å². The molecule has 7 atom stereocenters. The second kappa shape index (κ2) is 16.0. The number of likely N-dealkylation sites (N-methyl/N-ethyl adjacent to an activating group) is 2. The second-order valence-corrected chi connectivity index (χ2v) is 13.9. The average molecular weight is 622 g/mol. The van der Waals surface area contributed by atoms with Gasteiger partial charge in [0.15, 0.2) is 0 Å². The fourth-order valence-electron chi connectivity index (χ4n) is 6.25. The minimum atomic E-state index is -0.960. The fraction of sp³-hybridized carbons (Fsp3) is 0.844. The average Bonchev–Trinajstić information content (AvgIpc) is 3.00. The first-order chi connectivity index (χ1) is 20.5. The molecule has 1 saturated carbocycles. The van der Waals surface area contributed by atoms with Gasteiger partial charge in [0.05, 0.1) is 18.5 Å². The molecule has 5 N–H and O–H groups in total. The standard InChI is InChI=1S/C32H59N7O5/c1-11-20(4)26(31(44)39-15-13-12-14-16-39)36-28(41)21(5)37(9)30(43)25(19(2)3)35-27-23(18-32(27,6)7)38(10)29(42)22(33)17-24(40)34-8/h19-23,25-27,35H,11-18,33H2,1-10H3,(H,34,40)(H,36,41)/t20-,21?,22-,23-,25-,26-,27?/m0/s1. The molecule has 0 aromatic carbocycles. The van der Waals surface area contributed by atoms with E-state index in [1.54, 1.807) is 25.9 Å². The molecule has 0 aromatic heterocycles. The van der Waals surface area contributed by atoms with Crippen LogP contribution in [0.4, 0.5) is 0 Å². The van der Waals surface area contributed by atoms with Crippen LogP contribution in [0, 0.1) is 17.3 Å². The summed E-state index contributed by atoms with van der Waals surface area (Å²) in [5, 5.41) is 9.00. The molecule has 5 amide bonds. The third-order valence-corrected chi connectivity index (χ3v) is 9.85. The number of nitrogens with zero attached hydrogens (tertiary/aromatic N) is 3. The van der Waals surface area contributed by atoms with Gasteiger partial charge in [0.25, 0.3) is 0 Å². The molecule has 2 rings (SSSR count). The van der Waals surface area contributed by atoms with Crippen molar-refractivity contribution in [3.63, 3.8) is 0 Å². The van der Waals surface area contributed by atoms with Crippen molar-refractivity contribution in [1.29, 1.82) is 0 Å². The summed E-state index contributed by atoms with van der Waals surface area (Å²) in [4.78, 5) is 70.5. The van der Waals surface area contributed by atoms with Crippen LogP contribution in [0.15, 0.2) is 0 Å². The van der Waals surface area contributed by atoms with Gasteiger partial charge in [0, 0.05) is 46.3 Å². The maximum Gasteiger partial charge on any atom is 0.245 e. The summed E-state index contributed by atoms with van der Waals surface area (Å²) in [6.07, 6.45) is 4.38. The number of nitrogens with two attached hydrogens (primary N) is 1. The Kier molecular flexibility index (Phi) is 13.6. The van der Waals surface area contributed by atoms with Crippen molar-refractivity contribution in [1.82, 2.24) is 30.7 Å². The zero-order chi connectivity index (χ0) is 33.5. The van der Waals surface area contributed by atoms with E-state index in [1.807, 2.05) is 32.6 Å². The van der Waals surface area contributed by atoms with Crippen LogP contribution < -0.4 is 21.7 Å². The predicted octanol–water partition coefficient (Wildman–Crippen LogP) is 1.08. The highest BCUT2D eigenvalue weighted by Crippen LogP contribution is 2.43. The van der Waals surface area contributed by atoms with Gasteiger partial charge in [-0.25, -0.2) is 0 Å². The van der Waals surface area contributed by atoms with Gasteiger partial charge in [-0.05, 0) is 49.9 Å². The fourth-order valence-corrected chi connectivity index (χ4v) is 6.25. The molecule has 2 unspecified atom stereocenters. The Labute approximate surface area is 264 Å². The lowest BCUT2D eigenvalue weighted by molar-refractivity contribution is -0.145. The van der Waals surface area contributed by atoms with Gasteiger partial charge in [0.1, 0.15) is 12.1 Å². The molecular weight excluding hydrogens is 562 g/mol. The number of carbonyl (C=O) groups excluding carboxylic acids is 5. The highest BCUT2D eigenvalue weighted by Gasteiger charge is 2.52. The van der Waals surface area contributed by atoms with E-state index in [4.69, 9.17) is 5.73 Å². The highest BCUT2D eigenvalue weighted by atomic mass is 16.2. The number of piperidine rings is 1. The highest BCUT2D eigenvalue weighted by molar-refractivity contribution is 5.93. The number of amides is 5. The third kappa shape index (κ3) is 8.93. The molecule has 1 saturated heterocycles. The first-order valence-corrected chi connectivity index (χ1v) is 16.3. The van der Waals surface area contributed by atoms with Gasteiger partial charge < -0.3 is 36.4 Å². The van der Waals surface area contributed by atoms with Crippen LogP contribution in [0.2, 0.25) is 0 Å². The third-order valence-electron chi connectivity index (χ3n) is 9.85. The van der Waals surface area contributed by atoms with Gasteiger partial charge >= 0.3 is 0 Å². The summed E-state index contributed by atoms with van der Waals surface area (Å²) >= 11 is 0. The summed E-state index contributed by atoms with van der Waals surface area (Å²) in [5.74, 6) is -1.45. The van der Waals surface area contributed by atoms with Crippen LogP contribution in [0.5, 0.6) is 0 Å². The van der Waals surface area contributed by atoms with E-state index < -0.39 is 24.2 Å². The first kappa shape index (κ1) is 37.5. The molecule has 0 aromatic rings. The summed E-state index contributed by atoms with van der Waals surface area (Å²) in [5.41, 5.74) is 5.84. The normalized spacial score (nSPS) is 23.0. The van der Waals surface area contributed by atoms with E-state index in [0.29, 0.717) is 19.5 Å². The topological polar surface area (TPSA) is 157 Å². The molecule has 2 aliphatic rings. The molecule has 0 bridgehead atoms. The number of nitrogens with one attached hydrogen (secondary N) is 3. The van der Waals surface area contributed by atoms with Crippen molar-refractivity contribution < 1.29 is 24.0 Å². The van der Waals surface area contributed by atoms with Crippen LogP contribution in [-0.4, -0.2) is 115 Å². The second-order valence-electron chi connectivity index (χ2n) is 13.9. The maximum absolute atomic E-state index is 13.9. The zero-order valence-corrected chi connectivity index (χ0v) is 28.7. The van der Waals surface area contributed by atoms with Gasteiger partial charge in [-0.1, -0.05) is 48.0 Å². The lowest BCUT2D eigenvalue weighted by Crippen LogP contribution is -2.71. The largest absolute Gasteiger partial charge is 0.359 e. The molecule has 1 heterocycles. The van der Waals surface area contributed by atoms with E-state index in [2.05, 4.69) is 29.8 Å². The SMILES string of the molecule is CC[C@H](C)[C@H](NC(=O)C(C)N(C)C(=O)[C@@H](NC1[C@@H](N(C)C(=O)[C@@H](N)CC(=O)NC)CC1(C)C)C(C)C)C(=O)N1CCCCC1. The molecule has 44 heavy (non-hydrogen) atoms. The molecule has 12 nitrogen and oxygen atoms in total. The van der Waals surface area contributed by atoms with Crippen molar-refractivity contribution in [2.75, 3.05) is 34.2 Å². The van der Waals surface area contributed by atoms with Gasteiger partial charge in [-0.2, -0.15) is 0 Å². The van der Waals surface area contributed by atoms with E-state index >= 15 is 0 Å². The number of likely N-dealkylation sites (tertiary alicyclic amines) is 1. The van der Waals surface area contributed by atoms with Gasteiger partial charge in [0.2, 0.25) is 29.5 Å². The van der Waals surface area contributed by atoms with E-state index in [1.165, 1.54) is 11.9 Å². The molecule has 12 heteroatoms. The van der Waals surface area contributed by atoms with Crippen molar-refractivity contribution in [2.45, 2.75) is 123 Å². The van der Waals surface area contributed by atoms with Gasteiger partial charge in [-0.3, -0.25) is 24.0 Å².